The number of nitrogens with one attached hydrogen (secondary N) is 2. The lowest BCUT2D eigenvalue weighted by molar-refractivity contribution is -0.136. The number of carbonyl (C=O) groups excluding carboxylic acids is 4. The Labute approximate surface area is 250 Å². The van der Waals surface area contributed by atoms with Gasteiger partial charge >= 0.3 is 12.0 Å². The third kappa shape index (κ3) is 9.70. The van der Waals surface area contributed by atoms with Crippen LogP contribution in [0.1, 0.15) is 26.3 Å². The minimum Gasteiger partial charge on any atom is -0.482 e. The Bertz CT molecular complexity index is 1470. The summed E-state index contributed by atoms with van der Waals surface area (Å²) in [5, 5.41) is 14.1. The van der Waals surface area contributed by atoms with E-state index in [0.717, 1.165) is 0 Å². The van der Waals surface area contributed by atoms with Crippen LogP contribution in [0.2, 0.25) is 0 Å². The monoisotopic (exact) mass is 588 g/mol. The second kappa shape index (κ2) is 14.6. The number of nitrogens with zero attached hydrogens (tertiary/aromatic N) is 2. The van der Waals surface area contributed by atoms with Gasteiger partial charge in [0.05, 0.1) is 25.2 Å². The molecule has 11 heteroatoms. The number of hydrogen-bond acceptors (Lipinski definition) is 6. The van der Waals surface area contributed by atoms with Crippen molar-refractivity contribution >= 4 is 46.7 Å². The lowest BCUT2D eigenvalue weighted by Gasteiger charge is -2.28. The summed E-state index contributed by atoms with van der Waals surface area (Å²) >= 11 is 0. The van der Waals surface area contributed by atoms with Crippen molar-refractivity contribution in [1.29, 1.82) is 0 Å². The largest absolute Gasteiger partial charge is 0.482 e. The van der Waals surface area contributed by atoms with Crippen LogP contribution in [0.5, 0.6) is 5.75 Å². The normalized spacial score (nSPS) is 10.8. The summed E-state index contributed by atoms with van der Waals surface area (Å²) in [5.74, 6) is -1.93. The molecule has 11 nitrogen and oxygen atoms in total. The molecule has 3 N–H and O–H groups in total. The van der Waals surface area contributed by atoms with Gasteiger partial charge in [0.1, 0.15) is 5.75 Å². The number of carbonyl (C=O) groups is 5. The van der Waals surface area contributed by atoms with E-state index in [1.165, 1.54) is 15.9 Å². The van der Waals surface area contributed by atoms with Gasteiger partial charge in [0.25, 0.3) is 5.91 Å². The van der Waals surface area contributed by atoms with Crippen LogP contribution in [0, 0.1) is 5.41 Å². The lowest BCUT2D eigenvalue weighted by atomic mass is 9.90. The first kappa shape index (κ1) is 32.3. The fourth-order valence-electron chi connectivity index (χ4n) is 3.88. The van der Waals surface area contributed by atoms with E-state index in [4.69, 9.17) is 9.84 Å². The van der Waals surface area contributed by atoms with Crippen LogP contribution in [-0.4, -0.2) is 61.4 Å². The maximum Gasteiger partial charge on any atom is 0.319 e. The fourth-order valence-corrected chi connectivity index (χ4v) is 3.88. The number of benzene rings is 3. The molecule has 0 fully saturated rings. The van der Waals surface area contributed by atoms with Gasteiger partial charge < -0.3 is 25.4 Å². The molecule has 226 valence electrons. The maximum absolute atomic E-state index is 13.5. The van der Waals surface area contributed by atoms with Gasteiger partial charge in [-0.1, -0.05) is 63.2 Å². The molecule has 0 aliphatic heterocycles. The Morgan fingerprint density at radius 1 is 0.860 bits per heavy atom. The molecule has 0 aliphatic rings. The summed E-state index contributed by atoms with van der Waals surface area (Å²) < 4.78 is 5.85. The first-order valence-corrected chi connectivity index (χ1v) is 13.6. The van der Waals surface area contributed by atoms with Gasteiger partial charge in [-0.25, -0.2) is 4.79 Å². The molecule has 0 spiro atoms. The maximum atomic E-state index is 13.5. The summed E-state index contributed by atoms with van der Waals surface area (Å²) in [6, 6.07) is 21.3. The van der Waals surface area contributed by atoms with Crippen molar-refractivity contribution in [2.75, 3.05) is 41.9 Å². The predicted octanol–water partition coefficient (Wildman–Crippen LogP) is 4.13. The van der Waals surface area contributed by atoms with Crippen molar-refractivity contribution in [3.63, 3.8) is 0 Å². The highest BCUT2D eigenvalue weighted by Crippen LogP contribution is 2.29. The molecule has 4 amide bonds. The quantitative estimate of drug-likeness (QED) is 0.289. The molecule has 3 rings (SSSR count). The number of ketones is 1. The minimum atomic E-state index is -1.01. The number of urea groups is 1. The lowest BCUT2D eigenvalue weighted by Crippen LogP contribution is -2.45. The number of anilines is 3. The number of Topliss-reactive ketones (excluding diaryl/α,β-unsaturated/α-hetero) is 1. The number of rotatable bonds is 12. The first-order valence-electron chi connectivity index (χ1n) is 13.6. The van der Waals surface area contributed by atoms with E-state index < -0.39 is 29.9 Å². The van der Waals surface area contributed by atoms with Gasteiger partial charge in [-0.2, -0.15) is 0 Å². The number of hydrogen-bond donors (Lipinski definition) is 3. The van der Waals surface area contributed by atoms with Crippen LogP contribution < -0.4 is 25.2 Å². The van der Waals surface area contributed by atoms with Gasteiger partial charge in [0, 0.05) is 23.8 Å². The average molecular weight is 589 g/mol. The molecule has 0 atom stereocenters. The summed E-state index contributed by atoms with van der Waals surface area (Å²) in [5.41, 5.74) is 1.05. The number of ether oxygens (including phenoxy) is 1. The van der Waals surface area contributed by atoms with Crippen LogP contribution in [0.4, 0.5) is 21.9 Å². The average Bonchev–Trinajstić information content (AvgIpc) is 2.97. The van der Waals surface area contributed by atoms with E-state index in [1.54, 1.807) is 82.4 Å². The van der Waals surface area contributed by atoms with E-state index in [2.05, 4.69) is 10.6 Å². The van der Waals surface area contributed by atoms with Crippen LogP contribution in [0.3, 0.4) is 0 Å². The van der Waals surface area contributed by atoms with E-state index in [-0.39, 0.29) is 42.7 Å². The number of aliphatic carboxylic acids is 1. The van der Waals surface area contributed by atoms with Crippen molar-refractivity contribution in [2.24, 2.45) is 5.41 Å². The van der Waals surface area contributed by atoms with E-state index >= 15 is 0 Å². The first-order chi connectivity index (χ1) is 20.3. The molecule has 0 bridgehead atoms. The SMILES string of the molecule is CN(C(=O)COc1ccccc1N(CC(=O)C(C)(C)C)C(=O)CNC(=O)Nc1cccc(CC(=O)O)c1)c1ccccc1. The third-order valence-corrected chi connectivity index (χ3v) is 6.40. The zero-order valence-electron chi connectivity index (χ0n) is 24.6. The zero-order chi connectivity index (χ0) is 31.6. The molecule has 0 radical (unpaired) electrons. The molecule has 0 heterocycles. The van der Waals surface area contributed by atoms with Crippen LogP contribution in [0.25, 0.3) is 0 Å². The number of carboxylic acid groups (broad SMARTS) is 1. The van der Waals surface area contributed by atoms with Gasteiger partial charge in [0.15, 0.2) is 12.4 Å². The second-order valence-corrected chi connectivity index (χ2v) is 10.8. The smallest absolute Gasteiger partial charge is 0.319 e. The number of carboxylic acids is 1. The Morgan fingerprint density at radius 3 is 2.21 bits per heavy atom. The minimum absolute atomic E-state index is 0.206. The van der Waals surface area contributed by atoms with Gasteiger partial charge in [0.2, 0.25) is 5.91 Å². The molecular formula is C32H36N4O7. The van der Waals surface area contributed by atoms with Gasteiger partial charge in [-0.3, -0.25) is 24.1 Å². The van der Waals surface area contributed by atoms with Crippen molar-refractivity contribution in [2.45, 2.75) is 27.2 Å². The summed E-state index contributed by atoms with van der Waals surface area (Å²) in [6.45, 7) is 4.15. The molecule has 43 heavy (non-hydrogen) atoms. The summed E-state index contributed by atoms with van der Waals surface area (Å²) in [6.07, 6.45) is -0.206. The van der Waals surface area contributed by atoms with Crippen LogP contribution in [-0.2, 0) is 25.6 Å². The molecule has 0 aliphatic carbocycles. The van der Waals surface area contributed by atoms with Gasteiger partial charge in [-0.15, -0.1) is 0 Å². The van der Waals surface area contributed by atoms with E-state index in [9.17, 15) is 24.0 Å². The third-order valence-electron chi connectivity index (χ3n) is 6.40. The van der Waals surface area contributed by atoms with Crippen LogP contribution >= 0.6 is 0 Å². The Kier molecular flexibility index (Phi) is 11.0. The van der Waals surface area contributed by atoms with Crippen molar-refractivity contribution in [3.8, 4) is 5.75 Å². The predicted molar refractivity (Wildman–Crippen MR) is 163 cm³/mol. The fraction of sp³-hybridized carbons (Fsp3) is 0.281. The highest BCUT2D eigenvalue weighted by atomic mass is 16.5. The Morgan fingerprint density at radius 2 is 1.53 bits per heavy atom. The molecule has 3 aromatic carbocycles. The topological polar surface area (TPSA) is 145 Å². The number of likely N-dealkylation sites (N-methyl/N-ethyl adjacent to an activating group) is 1. The number of amides is 4. The standard InChI is InChI=1S/C32H36N4O7/c1-32(2,3)27(37)20-36(28(38)19-33-31(42)34-23-12-10-11-22(17-23)18-30(40)41)25-15-8-9-16-26(25)43-21-29(39)35(4)24-13-6-5-7-14-24/h5-17H,18-21H2,1-4H3,(H,40,41)(H2,33,34,42). The Hall–Kier alpha value is -5.19. The second-order valence-electron chi connectivity index (χ2n) is 10.8. The Balaban J connectivity index is 1.74. The summed E-state index contributed by atoms with van der Waals surface area (Å²) in [4.78, 5) is 65.6. The zero-order valence-corrected chi connectivity index (χ0v) is 24.6. The van der Waals surface area contributed by atoms with Gasteiger partial charge in [-0.05, 0) is 42.0 Å². The number of para-hydroxylation sites is 3. The van der Waals surface area contributed by atoms with Crippen molar-refractivity contribution < 1.29 is 33.8 Å². The molecule has 0 unspecified atom stereocenters. The van der Waals surface area contributed by atoms with Crippen LogP contribution in [0.15, 0.2) is 78.9 Å². The molecular weight excluding hydrogens is 552 g/mol. The van der Waals surface area contributed by atoms with E-state index in [0.29, 0.717) is 16.9 Å². The summed E-state index contributed by atoms with van der Waals surface area (Å²) in [7, 11) is 1.63. The molecule has 0 saturated carbocycles. The van der Waals surface area contributed by atoms with Crippen molar-refractivity contribution in [3.05, 3.63) is 84.4 Å². The highest BCUT2D eigenvalue weighted by Gasteiger charge is 2.29. The van der Waals surface area contributed by atoms with E-state index in [1.807, 2.05) is 18.2 Å². The highest BCUT2D eigenvalue weighted by molar-refractivity contribution is 6.04. The molecule has 0 saturated heterocycles. The molecule has 0 aromatic heterocycles. The van der Waals surface area contributed by atoms with Crippen molar-refractivity contribution in [1.82, 2.24) is 5.32 Å². The molecule has 3 aromatic rings.